The quantitative estimate of drug-likeness (QED) is 0.247. The van der Waals surface area contributed by atoms with Crippen molar-refractivity contribution < 1.29 is 19.0 Å². The molecule has 2 aromatic carbocycles. The van der Waals surface area contributed by atoms with Crippen LogP contribution in [-0.2, 0) is 0 Å². The van der Waals surface area contributed by atoms with Gasteiger partial charge in [0.2, 0.25) is 0 Å². The third-order valence-corrected chi connectivity index (χ3v) is 4.90. The van der Waals surface area contributed by atoms with Gasteiger partial charge in [0.15, 0.2) is 0 Å². The topological polar surface area (TPSA) is 46.5 Å². The van der Waals surface area contributed by atoms with Gasteiger partial charge in [-0.15, -0.1) is 11.8 Å². The molecule has 1 N–H and O–H groups in total. The standard InChI is InChI=1S/C26H25FO3S/c27-22-15-14-16-23(21-22)30-19-12-8-6-4-2-1-3-5-7-9-13-20-31-25-18-11-10-17-24(25)26(28)29/h2-5,8,10-12,14-18,21H,1,6-7,19-20H2,(H,28,29). The molecule has 0 atom stereocenters. The molecular weight excluding hydrogens is 411 g/mol. The minimum absolute atomic E-state index is 0.302. The summed E-state index contributed by atoms with van der Waals surface area (Å²) in [6.45, 7) is 0.413. The van der Waals surface area contributed by atoms with E-state index >= 15 is 0 Å². The van der Waals surface area contributed by atoms with Crippen molar-refractivity contribution in [2.75, 3.05) is 12.4 Å². The third-order valence-electron chi connectivity index (χ3n) is 3.95. The van der Waals surface area contributed by atoms with Gasteiger partial charge in [0.25, 0.3) is 0 Å². The number of ether oxygens (including phenoxy) is 1. The average Bonchev–Trinajstić information content (AvgIpc) is 2.76. The second-order valence-electron chi connectivity index (χ2n) is 6.30. The third kappa shape index (κ3) is 10.4. The molecule has 31 heavy (non-hydrogen) atoms. The minimum atomic E-state index is -0.917. The molecule has 160 valence electrons. The van der Waals surface area contributed by atoms with Crippen LogP contribution >= 0.6 is 11.8 Å². The second-order valence-corrected chi connectivity index (χ2v) is 7.32. The van der Waals surface area contributed by atoms with Crippen molar-refractivity contribution in [1.82, 2.24) is 0 Å². The molecule has 0 fully saturated rings. The number of carboxylic acid groups (broad SMARTS) is 1. The van der Waals surface area contributed by atoms with Crippen molar-refractivity contribution in [3.8, 4) is 17.6 Å². The van der Waals surface area contributed by atoms with Crippen molar-refractivity contribution >= 4 is 17.7 Å². The summed E-state index contributed by atoms with van der Waals surface area (Å²) in [4.78, 5) is 11.9. The number of aromatic carboxylic acids is 1. The van der Waals surface area contributed by atoms with Gasteiger partial charge in [-0.1, -0.05) is 66.5 Å². The predicted octanol–water partition coefficient (Wildman–Crippen LogP) is 6.54. The van der Waals surface area contributed by atoms with Crippen LogP contribution in [0.15, 0.2) is 89.9 Å². The van der Waals surface area contributed by atoms with E-state index in [1.165, 1.54) is 23.9 Å². The molecule has 0 saturated heterocycles. The molecular formula is C26H25FO3S. The van der Waals surface area contributed by atoms with Crippen LogP contribution in [0.5, 0.6) is 5.75 Å². The molecule has 0 aliphatic carbocycles. The van der Waals surface area contributed by atoms with Gasteiger partial charge >= 0.3 is 5.97 Å². The number of halogens is 1. The second kappa shape index (κ2) is 14.7. The zero-order valence-corrected chi connectivity index (χ0v) is 18.0. The zero-order valence-electron chi connectivity index (χ0n) is 17.2. The Bertz CT molecular complexity index is 983. The first-order valence-corrected chi connectivity index (χ1v) is 10.9. The Morgan fingerprint density at radius 2 is 1.71 bits per heavy atom. The van der Waals surface area contributed by atoms with Gasteiger partial charge in [-0.2, -0.15) is 0 Å². The van der Waals surface area contributed by atoms with E-state index in [9.17, 15) is 9.18 Å². The Hall–Kier alpha value is -3.23. The molecule has 0 saturated carbocycles. The summed E-state index contributed by atoms with van der Waals surface area (Å²) < 4.78 is 18.4. The summed E-state index contributed by atoms with van der Waals surface area (Å²) >= 11 is 1.44. The van der Waals surface area contributed by atoms with Gasteiger partial charge in [0.1, 0.15) is 18.2 Å². The number of hydrogen-bond acceptors (Lipinski definition) is 3. The van der Waals surface area contributed by atoms with Gasteiger partial charge in [-0.3, -0.25) is 0 Å². The highest BCUT2D eigenvalue weighted by molar-refractivity contribution is 7.99. The molecule has 0 spiro atoms. The fraction of sp³-hybridized carbons (Fsp3) is 0.192. The van der Waals surface area contributed by atoms with Crippen molar-refractivity contribution in [2.24, 2.45) is 0 Å². The van der Waals surface area contributed by atoms with Gasteiger partial charge < -0.3 is 9.84 Å². The van der Waals surface area contributed by atoms with E-state index in [0.717, 1.165) is 17.7 Å². The largest absolute Gasteiger partial charge is 0.489 e. The van der Waals surface area contributed by atoms with Crippen molar-refractivity contribution in [2.45, 2.75) is 24.2 Å². The molecule has 3 nitrogen and oxygen atoms in total. The fourth-order valence-corrected chi connectivity index (χ4v) is 3.28. The van der Waals surface area contributed by atoms with Crippen molar-refractivity contribution in [3.05, 3.63) is 96.4 Å². The number of carbonyl (C=O) groups is 1. The maximum Gasteiger partial charge on any atom is 0.336 e. The van der Waals surface area contributed by atoms with Gasteiger partial charge in [0.05, 0.1) is 11.3 Å². The van der Waals surface area contributed by atoms with E-state index in [1.54, 1.807) is 30.3 Å². The lowest BCUT2D eigenvalue weighted by Crippen LogP contribution is -1.98. The first-order valence-electron chi connectivity index (χ1n) is 9.91. The highest BCUT2D eigenvalue weighted by Crippen LogP contribution is 2.22. The molecule has 0 aliphatic heterocycles. The van der Waals surface area contributed by atoms with Crippen LogP contribution in [0.25, 0.3) is 0 Å². The molecule has 2 rings (SSSR count). The van der Waals surface area contributed by atoms with E-state index in [-0.39, 0.29) is 5.82 Å². The van der Waals surface area contributed by atoms with Crippen molar-refractivity contribution in [3.63, 3.8) is 0 Å². The monoisotopic (exact) mass is 436 g/mol. The van der Waals surface area contributed by atoms with Crippen LogP contribution in [0, 0.1) is 17.7 Å². The van der Waals surface area contributed by atoms with E-state index in [4.69, 9.17) is 9.84 Å². The number of rotatable bonds is 11. The Labute approximate surface area is 187 Å². The average molecular weight is 437 g/mol. The highest BCUT2D eigenvalue weighted by atomic mass is 32.2. The summed E-state index contributed by atoms with van der Waals surface area (Å²) in [5.74, 6) is 5.99. The molecule has 0 radical (unpaired) electrons. The van der Waals surface area contributed by atoms with Crippen LogP contribution in [0.4, 0.5) is 4.39 Å². The van der Waals surface area contributed by atoms with Crippen LogP contribution in [-0.4, -0.2) is 23.4 Å². The number of benzene rings is 2. The normalized spacial score (nSPS) is 11.1. The molecule has 0 bridgehead atoms. The Morgan fingerprint density at radius 3 is 2.48 bits per heavy atom. The maximum absolute atomic E-state index is 13.0. The summed E-state index contributed by atoms with van der Waals surface area (Å²) in [5, 5.41) is 9.15. The number of allylic oxidation sites excluding steroid dienone is 5. The molecule has 2 aromatic rings. The molecule has 5 heteroatoms. The van der Waals surface area contributed by atoms with Crippen LogP contribution < -0.4 is 4.74 Å². The predicted molar refractivity (Wildman–Crippen MR) is 125 cm³/mol. The zero-order chi connectivity index (χ0) is 22.2. The van der Waals surface area contributed by atoms with Gasteiger partial charge in [-0.05, 0) is 37.1 Å². The first-order chi connectivity index (χ1) is 15.2. The summed E-state index contributed by atoms with van der Waals surface area (Å²) in [7, 11) is 0. The minimum Gasteiger partial charge on any atom is -0.489 e. The lowest BCUT2D eigenvalue weighted by atomic mass is 10.2. The Kier molecular flexibility index (Phi) is 11.4. The molecule has 0 aliphatic rings. The number of hydrogen-bond donors (Lipinski definition) is 1. The summed E-state index contributed by atoms with van der Waals surface area (Å²) in [5.41, 5.74) is 0.315. The molecule has 0 unspecified atom stereocenters. The van der Waals surface area contributed by atoms with Gasteiger partial charge in [0, 0.05) is 17.4 Å². The molecule has 0 amide bonds. The lowest BCUT2D eigenvalue weighted by molar-refractivity contribution is 0.0693. The van der Waals surface area contributed by atoms with E-state index < -0.39 is 5.97 Å². The Morgan fingerprint density at radius 1 is 0.968 bits per heavy atom. The fourth-order valence-electron chi connectivity index (χ4n) is 2.46. The maximum atomic E-state index is 13.0. The number of carboxylic acids is 1. The first kappa shape index (κ1) is 24.0. The Balaban J connectivity index is 1.54. The molecule has 0 aromatic heterocycles. The smallest absolute Gasteiger partial charge is 0.336 e. The van der Waals surface area contributed by atoms with Crippen LogP contribution in [0.1, 0.15) is 29.6 Å². The van der Waals surface area contributed by atoms with E-state index in [1.807, 2.05) is 24.3 Å². The summed E-state index contributed by atoms with van der Waals surface area (Å²) in [6, 6.07) is 13.1. The van der Waals surface area contributed by atoms with Crippen molar-refractivity contribution in [1.29, 1.82) is 0 Å². The highest BCUT2D eigenvalue weighted by Gasteiger charge is 2.08. The van der Waals surface area contributed by atoms with Crippen LogP contribution in [0.2, 0.25) is 0 Å². The summed E-state index contributed by atoms with van der Waals surface area (Å²) in [6.07, 6.45) is 14.5. The van der Waals surface area contributed by atoms with E-state index in [0.29, 0.717) is 30.1 Å². The van der Waals surface area contributed by atoms with Crippen LogP contribution in [0.3, 0.4) is 0 Å². The van der Waals surface area contributed by atoms with E-state index in [2.05, 4.69) is 30.1 Å². The number of thioether (sulfide) groups is 1. The molecule has 0 heterocycles. The SMILES string of the molecule is O=C(O)c1ccccc1SCC#CCC=CCC=CCC=CCOc1cccc(F)c1. The lowest BCUT2D eigenvalue weighted by Gasteiger charge is -2.01. The van der Waals surface area contributed by atoms with Gasteiger partial charge in [-0.25, -0.2) is 9.18 Å².